The van der Waals surface area contributed by atoms with E-state index in [2.05, 4.69) is 31.2 Å². The summed E-state index contributed by atoms with van der Waals surface area (Å²) < 4.78 is 5.25. The Bertz CT molecular complexity index is 1210. The van der Waals surface area contributed by atoms with Crippen molar-refractivity contribution < 1.29 is 19.1 Å². The topological polar surface area (TPSA) is 134 Å². The van der Waals surface area contributed by atoms with Crippen molar-refractivity contribution in [2.45, 2.75) is 32.4 Å². The molecule has 0 aliphatic carbocycles. The normalized spacial score (nSPS) is 14.5. The Balaban J connectivity index is 0.00000342. The molecular formula is C24H27ClN6O4. The zero-order chi connectivity index (χ0) is 23.9. The van der Waals surface area contributed by atoms with Gasteiger partial charge in [0.2, 0.25) is 5.91 Å². The van der Waals surface area contributed by atoms with Crippen LogP contribution in [-0.4, -0.2) is 47.2 Å². The number of carbonyl (C=O) groups is 3. The van der Waals surface area contributed by atoms with E-state index >= 15 is 0 Å². The third-order valence-electron chi connectivity index (χ3n) is 5.49. The van der Waals surface area contributed by atoms with Crippen LogP contribution in [0.5, 0.6) is 0 Å². The number of rotatable bonds is 7. The van der Waals surface area contributed by atoms with Crippen molar-refractivity contribution in [2.24, 2.45) is 0 Å². The lowest BCUT2D eigenvalue weighted by atomic mass is 9.96. The number of ether oxygens (including phenoxy) is 1. The summed E-state index contributed by atoms with van der Waals surface area (Å²) in [5.74, 6) is 0.389. The van der Waals surface area contributed by atoms with Crippen LogP contribution in [0.25, 0.3) is 21.9 Å². The van der Waals surface area contributed by atoms with Gasteiger partial charge in [-0.3, -0.25) is 15.1 Å². The number of hydrogen-bond donors (Lipinski definition) is 4. The van der Waals surface area contributed by atoms with Crippen LogP contribution >= 0.6 is 12.4 Å². The number of halogens is 1. The van der Waals surface area contributed by atoms with Crippen LogP contribution in [0.4, 0.5) is 15.4 Å². The number of carbonyl (C=O) groups excluding carboxylic acids is 3. The maximum absolute atomic E-state index is 12.2. The largest absolute Gasteiger partial charge is 0.447 e. The number of nitrogens with one attached hydrogen (secondary N) is 4. The fourth-order valence-corrected chi connectivity index (χ4v) is 3.82. The molecule has 0 radical (unpaired) electrons. The number of urea groups is 1. The van der Waals surface area contributed by atoms with Crippen molar-refractivity contribution in [2.75, 3.05) is 18.5 Å². The third kappa shape index (κ3) is 6.57. The molecule has 0 saturated carbocycles. The molecular weight excluding hydrogens is 472 g/mol. The van der Waals surface area contributed by atoms with Gasteiger partial charge >= 0.3 is 12.1 Å². The van der Waals surface area contributed by atoms with Gasteiger partial charge in [0, 0.05) is 43.5 Å². The standard InChI is InChI=1S/C24H26N6O4.ClH/c1-2-26-23(32)30-21-11-19-18(15-7-9-25-10-8-15)5-3-16(20(19)13-27-21)12-28-24(33)34-14-17-4-6-22(31)29-17;/h3,5,7-11,13,17H,2,4,6,12,14H2,1H3,(H,28,33)(H,29,31)(H2,26,27,30,32);1H. The molecule has 3 aromatic rings. The fraction of sp³-hybridized carbons (Fsp3) is 0.292. The molecule has 1 aliphatic rings. The summed E-state index contributed by atoms with van der Waals surface area (Å²) >= 11 is 0. The SMILES string of the molecule is CCNC(=O)Nc1cc2c(-c3ccncc3)ccc(CNC(=O)OCC3CCC(=O)N3)c2cn1.Cl. The second kappa shape index (κ2) is 12.0. The summed E-state index contributed by atoms with van der Waals surface area (Å²) in [7, 11) is 0. The Labute approximate surface area is 208 Å². The van der Waals surface area contributed by atoms with Gasteiger partial charge in [-0.2, -0.15) is 0 Å². The van der Waals surface area contributed by atoms with Gasteiger partial charge in [0.15, 0.2) is 0 Å². The number of alkyl carbamates (subject to hydrolysis) is 1. The van der Waals surface area contributed by atoms with Gasteiger partial charge in [0.25, 0.3) is 0 Å². The van der Waals surface area contributed by atoms with E-state index in [1.54, 1.807) is 18.6 Å². The van der Waals surface area contributed by atoms with Crippen LogP contribution in [0.1, 0.15) is 25.3 Å². The summed E-state index contributed by atoms with van der Waals surface area (Å²) in [5, 5.41) is 12.6. The van der Waals surface area contributed by atoms with Crippen LogP contribution in [0.15, 0.2) is 48.9 Å². The Morgan fingerprint density at radius 2 is 1.94 bits per heavy atom. The minimum Gasteiger partial charge on any atom is -0.447 e. The molecule has 0 spiro atoms. The fourth-order valence-electron chi connectivity index (χ4n) is 3.82. The van der Waals surface area contributed by atoms with E-state index < -0.39 is 6.09 Å². The number of anilines is 1. The monoisotopic (exact) mass is 498 g/mol. The minimum atomic E-state index is -0.560. The highest BCUT2D eigenvalue weighted by Gasteiger charge is 2.22. The van der Waals surface area contributed by atoms with E-state index in [0.29, 0.717) is 25.2 Å². The Morgan fingerprint density at radius 1 is 1.14 bits per heavy atom. The minimum absolute atomic E-state index is 0. The van der Waals surface area contributed by atoms with Gasteiger partial charge < -0.3 is 20.7 Å². The summed E-state index contributed by atoms with van der Waals surface area (Å²) in [6.07, 6.45) is 5.66. The molecule has 2 aromatic heterocycles. The van der Waals surface area contributed by atoms with Gasteiger partial charge in [-0.15, -0.1) is 12.4 Å². The van der Waals surface area contributed by atoms with Gasteiger partial charge in [-0.1, -0.05) is 12.1 Å². The van der Waals surface area contributed by atoms with Crippen molar-refractivity contribution in [1.29, 1.82) is 0 Å². The first-order valence-electron chi connectivity index (χ1n) is 11.1. The molecule has 10 nitrogen and oxygen atoms in total. The number of pyridine rings is 2. The van der Waals surface area contributed by atoms with E-state index in [-0.39, 0.29) is 43.5 Å². The quantitative estimate of drug-likeness (QED) is 0.394. The first kappa shape index (κ1) is 25.7. The van der Waals surface area contributed by atoms with Gasteiger partial charge in [-0.25, -0.2) is 14.6 Å². The highest BCUT2D eigenvalue weighted by Crippen LogP contribution is 2.31. The van der Waals surface area contributed by atoms with Gasteiger partial charge in [0.1, 0.15) is 12.4 Å². The van der Waals surface area contributed by atoms with E-state index in [1.165, 1.54) is 0 Å². The molecule has 4 rings (SSSR count). The Kier molecular flexibility index (Phi) is 8.80. The molecule has 1 unspecified atom stereocenters. The van der Waals surface area contributed by atoms with E-state index in [9.17, 15) is 14.4 Å². The van der Waals surface area contributed by atoms with E-state index in [0.717, 1.165) is 27.5 Å². The zero-order valence-corrected chi connectivity index (χ0v) is 20.0. The van der Waals surface area contributed by atoms with Crippen molar-refractivity contribution >= 4 is 47.0 Å². The smallest absolute Gasteiger partial charge is 0.407 e. The second-order valence-corrected chi connectivity index (χ2v) is 7.86. The van der Waals surface area contributed by atoms with Crippen molar-refractivity contribution in [1.82, 2.24) is 25.9 Å². The molecule has 184 valence electrons. The summed E-state index contributed by atoms with van der Waals surface area (Å²) in [4.78, 5) is 43.9. The number of nitrogens with zero attached hydrogens (tertiary/aromatic N) is 2. The van der Waals surface area contributed by atoms with E-state index in [4.69, 9.17) is 4.74 Å². The molecule has 1 atom stereocenters. The first-order chi connectivity index (χ1) is 16.5. The highest BCUT2D eigenvalue weighted by atomic mass is 35.5. The molecule has 0 bridgehead atoms. The number of hydrogen-bond acceptors (Lipinski definition) is 6. The summed E-state index contributed by atoms with van der Waals surface area (Å²) in [6, 6.07) is 9.03. The van der Waals surface area contributed by atoms with Crippen LogP contribution in [0, 0.1) is 0 Å². The molecule has 1 aliphatic heterocycles. The van der Waals surface area contributed by atoms with Crippen molar-refractivity contribution in [3.63, 3.8) is 0 Å². The van der Waals surface area contributed by atoms with Crippen LogP contribution in [0.2, 0.25) is 0 Å². The Hall–Kier alpha value is -3.92. The predicted octanol–water partition coefficient (Wildman–Crippen LogP) is 3.36. The molecule has 11 heteroatoms. The number of fused-ring (bicyclic) bond motifs is 1. The van der Waals surface area contributed by atoms with Gasteiger partial charge in [-0.05, 0) is 53.6 Å². The average Bonchev–Trinajstić information content (AvgIpc) is 3.26. The van der Waals surface area contributed by atoms with Crippen molar-refractivity contribution in [3.8, 4) is 11.1 Å². The number of amides is 4. The molecule has 4 N–H and O–H groups in total. The average molecular weight is 499 g/mol. The lowest BCUT2D eigenvalue weighted by Gasteiger charge is -2.15. The van der Waals surface area contributed by atoms with Crippen molar-refractivity contribution in [3.05, 3.63) is 54.5 Å². The van der Waals surface area contributed by atoms with Crippen LogP contribution in [-0.2, 0) is 16.1 Å². The molecule has 1 aromatic carbocycles. The molecule has 35 heavy (non-hydrogen) atoms. The number of aromatic nitrogens is 2. The first-order valence-corrected chi connectivity index (χ1v) is 11.1. The maximum atomic E-state index is 12.2. The number of benzene rings is 1. The molecule has 3 heterocycles. The Morgan fingerprint density at radius 3 is 2.66 bits per heavy atom. The lowest BCUT2D eigenvalue weighted by Crippen LogP contribution is -2.33. The van der Waals surface area contributed by atoms with Crippen LogP contribution in [0.3, 0.4) is 0 Å². The summed E-state index contributed by atoms with van der Waals surface area (Å²) in [5.41, 5.74) is 2.76. The van der Waals surface area contributed by atoms with Gasteiger partial charge in [0.05, 0.1) is 6.04 Å². The molecule has 1 saturated heterocycles. The van der Waals surface area contributed by atoms with Crippen LogP contribution < -0.4 is 21.3 Å². The lowest BCUT2D eigenvalue weighted by molar-refractivity contribution is -0.119. The zero-order valence-electron chi connectivity index (χ0n) is 19.2. The summed E-state index contributed by atoms with van der Waals surface area (Å²) in [6.45, 7) is 2.70. The second-order valence-electron chi connectivity index (χ2n) is 7.86. The molecule has 1 fully saturated rings. The maximum Gasteiger partial charge on any atom is 0.407 e. The highest BCUT2D eigenvalue weighted by molar-refractivity contribution is 6.00. The molecule has 4 amide bonds. The predicted molar refractivity (Wildman–Crippen MR) is 134 cm³/mol. The van der Waals surface area contributed by atoms with E-state index in [1.807, 2.05) is 37.3 Å². The third-order valence-corrected chi connectivity index (χ3v) is 5.49.